The highest BCUT2D eigenvalue weighted by Gasteiger charge is 2.22. The minimum Gasteiger partial charge on any atom is -0.461 e. The van der Waals surface area contributed by atoms with Crippen LogP contribution in [0.5, 0.6) is 0 Å². The minimum atomic E-state index is -3.55. The zero-order valence-electron chi connectivity index (χ0n) is 17.7. The van der Waals surface area contributed by atoms with E-state index < -0.39 is 10.0 Å². The van der Waals surface area contributed by atoms with Gasteiger partial charge in [0.1, 0.15) is 5.03 Å². The van der Waals surface area contributed by atoms with Crippen molar-refractivity contribution in [1.82, 2.24) is 14.3 Å². The highest BCUT2D eigenvalue weighted by molar-refractivity contribution is 7.98. The molecule has 2 heterocycles. The number of nitrogens with one attached hydrogen (secondary N) is 1. The molecule has 3 rings (SSSR count). The molecule has 10 heteroatoms. The zero-order valence-corrected chi connectivity index (χ0v) is 19.4. The van der Waals surface area contributed by atoms with E-state index in [0.29, 0.717) is 46.6 Å². The third kappa shape index (κ3) is 4.81. The second-order valence-electron chi connectivity index (χ2n) is 6.56. The molecule has 1 aromatic carbocycles. The highest BCUT2D eigenvalue weighted by atomic mass is 32.2. The first-order chi connectivity index (χ1) is 14.8. The number of hydrogen-bond donors (Lipinski definition) is 1. The molecule has 1 amide bonds. The molecule has 0 bridgehead atoms. The Balaban J connectivity index is 1.85. The van der Waals surface area contributed by atoms with E-state index in [4.69, 9.17) is 4.42 Å². The number of aromatic nitrogens is 2. The summed E-state index contributed by atoms with van der Waals surface area (Å²) in [6, 6.07) is 9.62. The SMILES string of the molecule is CCN(CC)S(=O)(=O)c1ccc(NC(=O)c2c(C)nc(-c3ccco3)nc2SC)cc1. The van der Waals surface area contributed by atoms with Gasteiger partial charge in [-0.3, -0.25) is 4.79 Å². The maximum atomic E-state index is 12.9. The van der Waals surface area contributed by atoms with Gasteiger partial charge in [0.05, 0.1) is 22.4 Å². The van der Waals surface area contributed by atoms with Crippen LogP contribution < -0.4 is 5.32 Å². The molecule has 0 aliphatic heterocycles. The number of furan rings is 1. The average Bonchev–Trinajstić information content (AvgIpc) is 3.29. The standard InChI is InChI=1S/C21H24N4O4S2/c1-5-25(6-2)31(27,28)16-11-9-15(10-12-16)23-20(26)18-14(3)22-19(24-21(18)30-4)17-8-7-13-29-17/h7-13H,5-6H2,1-4H3,(H,23,26). The van der Waals surface area contributed by atoms with Gasteiger partial charge in [0, 0.05) is 18.8 Å². The Labute approximate surface area is 186 Å². The number of carbonyl (C=O) groups excluding carboxylic acids is 1. The maximum Gasteiger partial charge on any atom is 0.260 e. The van der Waals surface area contributed by atoms with E-state index in [1.165, 1.54) is 34.5 Å². The third-order valence-electron chi connectivity index (χ3n) is 4.67. The number of carbonyl (C=O) groups is 1. The lowest BCUT2D eigenvalue weighted by molar-refractivity contribution is 0.102. The lowest BCUT2D eigenvalue weighted by Crippen LogP contribution is -2.30. The van der Waals surface area contributed by atoms with Crippen LogP contribution in [-0.4, -0.2) is 47.9 Å². The Morgan fingerprint density at radius 2 is 1.81 bits per heavy atom. The fraction of sp³-hybridized carbons (Fsp3) is 0.286. The highest BCUT2D eigenvalue weighted by Crippen LogP contribution is 2.26. The van der Waals surface area contributed by atoms with Gasteiger partial charge in [-0.05, 0) is 49.6 Å². The Kier molecular flexibility index (Phi) is 7.14. The Morgan fingerprint density at radius 3 is 2.35 bits per heavy atom. The van der Waals surface area contributed by atoms with Gasteiger partial charge in [0.25, 0.3) is 5.91 Å². The van der Waals surface area contributed by atoms with Crippen LogP contribution in [0.15, 0.2) is 57.0 Å². The molecule has 0 unspecified atom stereocenters. The van der Waals surface area contributed by atoms with E-state index in [-0.39, 0.29) is 10.8 Å². The molecular weight excluding hydrogens is 436 g/mol. The van der Waals surface area contributed by atoms with E-state index in [2.05, 4.69) is 15.3 Å². The van der Waals surface area contributed by atoms with Gasteiger partial charge in [-0.1, -0.05) is 13.8 Å². The van der Waals surface area contributed by atoms with Crippen LogP contribution in [0.4, 0.5) is 5.69 Å². The first kappa shape index (κ1) is 23.0. The summed E-state index contributed by atoms with van der Waals surface area (Å²) in [5, 5.41) is 3.32. The summed E-state index contributed by atoms with van der Waals surface area (Å²) in [6.45, 7) is 6.10. The first-order valence-electron chi connectivity index (χ1n) is 9.69. The Morgan fingerprint density at radius 1 is 1.13 bits per heavy atom. The molecule has 2 aromatic heterocycles. The fourth-order valence-corrected chi connectivity index (χ4v) is 5.17. The summed E-state index contributed by atoms with van der Waals surface area (Å²) in [5.74, 6) is 0.567. The van der Waals surface area contributed by atoms with Gasteiger partial charge in [-0.15, -0.1) is 11.8 Å². The van der Waals surface area contributed by atoms with E-state index in [1.807, 2.05) is 6.26 Å². The van der Waals surface area contributed by atoms with Crippen LogP contribution in [0.2, 0.25) is 0 Å². The molecule has 0 atom stereocenters. The van der Waals surface area contributed by atoms with E-state index in [9.17, 15) is 13.2 Å². The van der Waals surface area contributed by atoms with Crippen molar-refractivity contribution in [3.05, 3.63) is 53.9 Å². The Hall–Kier alpha value is -2.69. The van der Waals surface area contributed by atoms with Crippen molar-refractivity contribution in [2.45, 2.75) is 30.7 Å². The molecule has 0 aliphatic carbocycles. The van der Waals surface area contributed by atoms with E-state index in [0.717, 1.165) is 0 Å². The molecule has 0 radical (unpaired) electrons. The van der Waals surface area contributed by atoms with Gasteiger partial charge in [-0.2, -0.15) is 4.31 Å². The molecule has 3 aromatic rings. The number of thioether (sulfide) groups is 1. The third-order valence-corrected chi connectivity index (χ3v) is 7.42. The molecule has 0 aliphatic rings. The van der Waals surface area contributed by atoms with Gasteiger partial charge < -0.3 is 9.73 Å². The number of benzene rings is 1. The molecule has 0 saturated carbocycles. The summed E-state index contributed by atoms with van der Waals surface area (Å²) in [5.41, 5.74) is 1.36. The fourth-order valence-electron chi connectivity index (χ4n) is 3.09. The summed E-state index contributed by atoms with van der Waals surface area (Å²) in [7, 11) is -3.55. The van der Waals surface area contributed by atoms with Crippen LogP contribution >= 0.6 is 11.8 Å². The van der Waals surface area contributed by atoms with Crippen LogP contribution in [0.3, 0.4) is 0 Å². The zero-order chi connectivity index (χ0) is 22.6. The van der Waals surface area contributed by atoms with Crippen LogP contribution in [0.25, 0.3) is 11.6 Å². The van der Waals surface area contributed by atoms with Crippen molar-refractivity contribution in [1.29, 1.82) is 0 Å². The van der Waals surface area contributed by atoms with E-state index >= 15 is 0 Å². The second kappa shape index (κ2) is 9.63. The number of aryl methyl sites for hydroxylation is 1. The molecule has 31 heavy (non-hydrogen) atoms. The van der Waals surface area contributed by atoms with Crippen LogP contribution in [0, 0.1) is 6.92 Å². The van der Waals surface area contributed by atoms with Gasteiger partial charge in [0.2, 0.25) is 10.0 Å². The van der Waals surface area contributed by atoms with Gasteiger partial charge in [0.15, 0.2) is 11.6 Å². The molecular formula is C21H24N4O4S2. The molecule has 1 N–H and O–H groups in total. The molecule has 0 spiro atoms. The van der Waals surface area contributed by atoms with Gasteiger partial charge >= 0.3 is 0 Å². The number of anilines is 1. The number of sulfonamides is 1. The summed E-state index contributed by atoms with van der Waals surface area (Å²) < 4.78 is 32.0. The van der Waals surface area contributed by atoms with Crippen LogP contribution in [0.1, 0.15) is 29.9 Å². The van der Waals surface area contributed by atoms with Crippen LogP contribution in [-0.2, 0) is 10.0 Å². The molecule has 0 fully saturated rings. The lowest BCUT2D eigenvalue weighted by Gasteiger charge is -2.18. The number of hydrogen-bond acceptors (Lipinski definition) is 7. The van der Waals surface area contributed by atoms with Crippen molar-refractivity contribution < 1.29 is 17.6 Å². The number of rotatable bonds is 8. The summed E-state index contributed by atoms with van der Waals surface area (Å²) in [6.07, 6.45) is 3.37. The average molecular weight is 461 g/mol. The quantitative estimate of drug-likeness (QED) is 0.399. The summed E-state index contributed by atoms with van der Waals surface area (Å²) >= 11 is 1.34. The van der Waals surface area contributed by atoms with Crippen molar-refractivity contribution in [3.8, 4) is 11.6 Å². The summed E-state index contributed by atoms with van der Waals surface area (Å²) in [4.78, 5) is 22.0. The Bertz CT molecular complexity index is 1160. The topological polar surface area (TPSA) is 105 Å². The van der Waals surface area contributed by atoms with Crippen molar-refractivity contribution in [2.24, 2.45) is 0 Å². The molecule has 0 saturated heterocycles. The monoisotopic (exact) mass is 460 g/mol. The largest absolute Gasteiger partial charge is 0.461 e. The predicted molar refractivity (Wildman–Crippen MR) is 121 cm³/mol. The van der Waals surface area contributed by atoms with Gasteiger partial charge in [-0.25, -0.2) is 18.4 Å². The number of amides is 1. The molecule has 8 nitrogen and oxygen atoms in total. The second-order valence-corrected chi connectivity index (χ2v) is 9.29. The smallest absolute Gasteiger partial charge is 0.260 e. The van der Waals surface area contributed by atoms with E-state index in [1.54, 1.807) is 45.0 Å². The van der Waals surface area contributed by atoms with Crippen molar-refractivity contribution >= 4 is 33.4 Å². The predicted octanol–water partition coefficient (Wildman–Crippen LogP) is 4.05. The van der Waals surface area contributed by atoms with Crippen molar-refractivity contribution in [2.75, 3.05) is 24.7 Å². The normalized spacial score (nSPS) is 11.6. The lowest BCUT2D eigenvalue weighted by atomic mass is 10.2. The number of nitrogens with zero attached hydrogens (tertiary/aromatic N) is 3. The van der Waals surface area contributed by atoms with Crippen molar-refractivity contribution in [3.63, 3.8) is 0 Å². The first-order valence-corrected chi connectivity index (χ1v) is 12.4. The minimum absolute atomic E-state index is 0.182. The maximum absolute atomic E-state index is 12.9. The molecule has 164 valence electrons.